The lowest BCUT2D eigenvalue weighted by Gasteiger charge is -2.42. The van der Waals surface area contributed by atoms with Gasteiger partial charge in [0.15, 0.2) is 5.03 Å². The second-order valence-corrected chi connectivity index (χ2v) is 13.7. The van der Waals surface area contributed by atoms with E-state index >= 15 is 4.39 Å². The average molecular weight is 652 g/mol. The highest BCUT2D eigenvalue weighted by Gasteiger charge is 2.61. The van der Waals surface area contributed by atoms with Gasteiger partial charge in [-0.15, -0.1) is 0 Å². The van der Waals surface area contributed by atoms with Crippen molar-refractivity contribution in [2.45, 2.75) is 43.4 Å². The van der Waals surface area contributed by atoms with Crippen LogP contribution in [0, 0.1) is 12.7 Å². The lowest BCUT2D eigenvalue weighted by Crippen LogP contribution is -2.55. The first-order chi connectivity index (χ1) is 22.1. The maximum absolute atomic E-state index is 15.0. The molecule has 0 radical (unpaired) electrons. The number of hydrogen-bond acceptors (Lipinski definition) is 9. The molecule has 13 heteroatoms. The van der Waals surface area contributed by atoms with Gasteiger partial charge in [0.05, 0.1) is 17.9 Å². The number of nitrogens with zero attached hydrogens (tertiary/aromatic N) is 5. The number of piperidine rings is 1. The minimum Gasteiger partial charge on any atom is -0.493 e. The van der Waals surface area contributed by atoms with Crippen molar-refractivity contribution >= 4 is 27.7 Å². The maximum atomic E-state index is 15.0. The summed E-state index contributed by atoms with van der Waals surface area (Å²) in [6.07, 6.45) is 2.66. The Morgan fingerprint density at radius 1 is 1.00 bits per heavy atom. The van der Waals surface area contributed by atoms with E-state index in [1.54, 1.807) is 38.1 Å². The number of rotatable bonds is 7. The van der Waals surface area contributed by atoms with E-state index < -0.39 is 33.4 Å². The lowest BCUT2D eigenvalue weighted by molar-refractivity contribution is -0.132. The first-order valence-electron chi connectivity index (χ1n) is 15.5. The van der Waals surface area contributed by atoms with Gasteiger partial charge < -0.3 is 19.3 Å². The van der Waals surface area contributed by atoms with Crippen LogP contribution in [0.5, 0.6) is 5.75 Å². The van der Waals surface area contributed by atoms with Crippen LogP contribution in [0.15, 0.2) is 65.8 Å². The Hall–Kier alpha value is -4.07. The summed E-state index contributed by atoms with van der Waals surface area (Å²) in [6.45, 7) is 7.72. The highest BCUT2D eigenvalue weighted by Crippen LogP contribution is 2.51. The molecule has 2 fully saturated rings. The summed E-state index contributed by atoms with van der Waals surface area (Å²) in [7, 11) is -2.51. The van der Waals surface area contributed by atoms with Crippen molar-refractivity contribution in [3.8, 4) is 5.75 Å². The summed E-state index contributed by atoms with van der Waals surface area (Å²) in [4.78, 5) is 39.1. The smallest absolute Gasteiger partial charge is 0.411 e. The van der Waals surface area contributed by atoms with Gasteiger partial charge in [0, 0.05) is 44.0 Å². The molecule has 46 heavy (non-hydrogen) atoms. The number of amides is 2. The molecule has 2 saturated heterocycles. The molecule has 1 atom stereocenters. The Morgan fingerprint density at radius 2 is 1.72 bits per heavy atom. The van der Waals surface area contributed by atoms with Crippen molar-refractivity contribution in [2.24, 2.45) is 0 Å². The number of carbonyl (C=O) groups excluding carboxylic acids is 2. The lowest BCUT2D eigenvalue weighted by atomic mass is 9.86. The van der Waals surface area contributed by atoms with Crippen LogP contribution < -0.4 is 9.04 Å². The van der Waals surface area contributed by atoms with Gasteiger partial charge in [-0.1, -0.05) is 24.3 Å². The fourth-order valence-electron chi connectivity index (χ4n) is 6.55. The van der Waals surface area contributed by atoms with Crippen LogP contribution in [0.25, 0.3) is 0 Å². The highest BCUT2D eigenvalue weighted by molar-refractivity contribution is 7.93. The number of aryl methyl sites for hydroxylation is 1. The molecule has 0 saturated carbocycles. The number of sulfonamides is 1. The largest absolute Gasteiger partial charge is 0.493 e. The first kappa shape index (κ1) is 31.9. The van der Waals surface area contributed by atoms with Crippen LogP contribution in [-0.4, -0.2) is 99.1 Å². The van der Waals surface area contributed by atoms with E-state index in [2.05, 4.69) is 21.8 Å². The number of para-hydroxylation sites is 1. The molecule has 2 aromatic carbocycles. The monoisotopic (exact) mass is 651 g/mol. The summed E-state index contributed by atoms with van der Waals surface area (Å²) >= 11 is 0. The van der Waals surface area contributed by atoms with E-state index in [0.29, 0.717) is 36.5 Å². The predicted molar refractivity (Wildman–Crippen MR) is 169 cm³/mol. The highest BCUT2D eigenvalue weighted by atomic mass is 32.2. The Morgan fingerprint density at radius 3 is 2.39 bits per heavy atom. The number of hydrogen-bond donors (Lipinski definition) is 0. The van der Waals surface area contributed by atoms with Crippen molar-refractivity contribution in [1.82, 2.24) is 19.7 Å². The normalized spacial score (nSPS) is 21.3. The van der Waals surface area contributed by atoms with Gasteiger partial charge in [0.25, 0.3) is 15.9 Å². The summed E-state index contributed by atoms with van der Waals surface area (Å²) < 4.78 is 55.9. The molecule has 2 amide bonds. The van der Waals surface area contributed by atoms with Crippen LogP contribution in [0.4, 0.5) is 14.9 Å². The SMILES string of the molecule is CCOc1ccccc1C1(OC(=O)N2CCN(C3CCN(C)CC3)CC2)C(=O)N(S(=O)(=O)c2ccc(C)cn2)c2ccc(F)cc21. The van der Waals surface area contributed by atoms with Crippen molar-refractivity contribution in [3.05, 3.63) is 83.3 Å². The van der Waals surface area contributed by atoms with Crippen LogP contribution in [-0.2, 0) is 25.2 Å². The number of pyridine rings is 1. The molecule has 6 rings (SSSR count). The van der Waals surface area contributed by atoms with Crippen molar-refractivity contribution in [3.63, 3.8) is 0 Å². The van der Waals surface area contributed by atoms with Gasteiger partial charge in [0.1, 0.15) is 11.6 Å². The third-order valence-electron chi connectivity index (χ3n) is 9.01. The van der Waals surface area contributed by atoms with Crippen molar-refractivity contribution < 1.29 is 31.9 Å². The summed E-state index contributed by atoms with van der Waals surface area (Å²) in [6, 6.07) is 13.0. The van der Waals surface area contributed by atoms with E-state index in [9.17, 15) is 18.0 Å². The van der Waals surface area contributed by atoms with Gasteiger partial charge in [-0.25, -0.2) is 14.2 Å². The van der Waals surface area contributed by atoms with Gasteiger partial charge in [0.2, 0.25) is 5.60 Å². The third-order valence-corrected chi connectivity index (χ3v) is 10.6. The standard InChI is InChI=1S/C33H38FN5O6S/c1-4-44-29-8-6-5-7-26(29)33(45-32(41)38-19-17-37(18-20-38)25-13-15-36(3)16-14-25)27-21-24(34)10-11-28(27)39(31(33)40)46(42,43)30-12-9-23(2)22-35-30/h5-12,21-22,25H,4,13-20H2,1-3H3. The Balaban J connectivity index is 1.41. The molecule has 0 bridgehead atoms. The fraction of sp³-hybridized carbons (Fsp3) is 0.424. The molecule has 3 aromatic rings. The summed E-state index contributed by atoms with van der Waals surface area (Å²) in [5.74, 6) is -1.64. The second-order valence-electron chi connectivity index (χ2n) is 11.9. The van der Waals surface area contributed by atoms with E-state index in [1.807, 2.05) is 0 Å². The zero-order valence-electron chi connectivity index (χ0n) is 26.2. The van der Waals surface area contributed by atoms with Gasteiger partial charge in [-0.05, 0) is 82.7 Å². The molecule has 4 heterocycles. The van der Waals surface area contributed by atoms with Gasteiger partial charge >= 0.3 is 6.09 Å². The topological polar surface area (TPSA) is 113 Å². The second kappa shape index (κ2) is 12.6. The molecule has 1 unspecified atom stereocenters. The number of anilines is 1. The van der Waals surface area contributed by atoms with Crippen LogP contribution >= 0.6 is 0 Å². The molecule has 3 aliphatic heterocycles. The summed E-state index contributed by atoms with van der Waals surface area (Å²) in [5.41, 5.74) is -1.83. The molecule has 0 N–H and O–H groups in total. The van der Waals surface area contributed by atoms with E-state index in [-0.39, 0.29) is 34.2 Å². The number of piperazine rings is 1. The summed E-state index contributed by atoms with van der Waals surface area (Å²) in [5, 5.41) is -0.382. The number of likely N-dealkylation sites (tertiary alicyclic amines) is 1. The third kappa shape index (κ3) is 5.60. The Labute approximate surface area is 268 Å². The zero-order valence-corrected chi connectivity index (χ0v) is 27.0. The maximum Gasteiger partial charge on any atom is 0.411 e. The van der Waals surface area contributed by atoms with Crippen molar-refractivity contribution in [1.29, 1.82) is 0 Å². The quantitative estimate of drug-likeness (QED) is 0.377. The number of ether oxygens (including phenoxy) is 2. The molecule has 244 valence electrons. The first-order valence-corrected chi connectivity index (χ1v) is 17.0. The van der Waals surface area contributed by atoms with E-state index in [4.69, 9.17) is 9.47 Å². The van der Waals surface area contributed by atoms with Crippen LogP contribution in [0.1, 0.15) is 36.5 Å². The molecule has 1 aromatic heterocycles. The minimum atomic E-state index is -4.63. The van der Waals surface area contributed by atoms with Gasteiger partial charge in [-0.3, -0.25) is 9.69 Å². The predicted octanol–water partition coefficient (Wildman–Crippen LogP) is 3.76. The molecule has 11 nitrogen and oxygen atoms in total. The van der Waals surface area contributed by atoms with Crippen molar-refractivity contribution in [2.75, 3.05) is 57.2 Å². The zero-order chi connectivity index (χ0) is 32.6. The van der Waals surface area contributed by atoms with E-state index in [0.717, 1.165) is 43.6 Å². The fourth-order valence-corrected chi connectivity index (χ4v) is 7.93. The van der Waals surface area contributed by atoms with Crippen LogP contribution in [0.3, 0.4) is 0 Å². The van der Waals surface area contributed by atoms with Crippen LogP contribution in [0.2, 0.25) is 0 Å². The molecule has 0 aliphatic carbocycles. The number of fused-ring (bicyclic) bond motifs is 1. The number of benzene rings is 2. The Bertz CT molecular complexity index is 1720. The number of halogens is 1. The number of carbonyl (C=O) groups is 2. The minimum absolute atomic E-state index is 0.0848. The van der Waals surface area contributed by atoms with E-state index in [1.165, 1.54) is 29.3 Å². The molecule has 3 aliphatic rings. The Kier molecular flexibility index (Phi) is 8.75. The average Bonchev–Trinajstić information content (AvgIpc) is 3.29. The molecular weight excluding hydrogens is 613 g/mol. The number of aromatic nitrogens is 1. The molecular formula is C33H38FN5O6S. The molecule has 0 spiro atoms. The van der Waals surface area contributed by atoms with Gasteiger partial charge in [-0.2, -0.15) is 12.7 Å².